The van der Waals surface area contributed by atoms with Gasteiger partial charge in [-0.3, -0.25) is 4.68 Å². The van der Waals surface area contributed by atoms with Gasteiger partial charge in [0, 0.05) is 19.3 Å². The van der Waals surface area contributed by atoms with Gasteiger partial charge in [-0.2, -0.15) is 15.1 Å². The number of imidazole rings is 1. The zero-order valence-electron chi connectivity index (χ0n) is 15.8. The molecule has 9 nitrogen and oxygen atoms in total. The summed E-state index contributed by atoms with van der Waals surface area (Å²) in [5, 5.41) is 20.3. The topological polar surface area (TPSA) is 106 Å². The van der Waals surface area contributed by atoms with E-state index in [1.54, 1.807) is 17.2 Å². The van der Waals surface area contributed by atoms with Gasteiger partial charge < -0.3 is 20.3 Å². The number of anilines is 3. The van der Waals surface area contributed by atoms with Gasteiger partial charge in [0.1, 0.15) is 0 Å². The van der Waals surface area contributed by atoms with Crippen LogP contribution in [0.3, 0.4) is 0 Å². The minimum atomic E-state index is -0.130. The van der Waals surface area contributed by atoms with Gasteiger partial charge in [0.05, 0.1) is 30.9 Å². The predicted octanol–water partition coefficient (Wildman–Crippen LogP) is 2.31. The first-order chi connectivity index (χ1) is 12.4. The highest BCUT2D eigenvalue weighted by molar-refractivity contribution is 5.86. The maximum absolute atomic E-state index is 9.62. The van der Waals surface area contributed by atoms with E-state index in [1.165, 1.54) is 0 Å². The van der Waals surface area contributed by atoms with Crippen LogP contribution in [0.1, 0.15) is 33.7 Å². The third kappa shape index (κ3) is 3.62. The zero-order chi connectivity index (χ0) is 18.8. The molecule has 26 heavy (non-hydrogen) atoms. The fourth-order valence-electron chi connectivity index (χ4n) is 2.66. The van der Waals surface area contributed by atoms with E-state index in [9.17, 15) is 5.11 Å². The summed E-state index contributed by atoms with van der Waals surface area (Å²) in [6.45, 7) is 8.25. The van der Waals surface area contributed by atoms with Crippen LogP contribution >= 0.6 is 0 Å². The van der Waals surface area contributed by atoms with Gasteiger partial charge in [-0.1, -0.05) is 13.8 Å². The highest BCUT2D eigenvalue weighted by atomic mass is 16.3. The molecule has 140 valence electrons. The Labute approximate surface area is 152 Å². The van der Waals surface area contributed by atoms with Crippen LogP contribution in [-0.2, 0) is 7.05 Å². The van der Waals surface area contributed by atoms with Crippen molar-refractivity contribution in [3.05, 3.63) is 18.7 Å². The first kappa shape index (κ1) is 18.1. The number of hydrogen-bond donors (Lipinski definition) is 3. The van der Waals surface area contributed by atoms with E-state index < -0.39 is 0 Å². The van der Waals surface area contributed by atoms with Crippen LogP contribution in [0.4, 0.5) is 17.5 Å². The van der Waals surface area contributed by atoms with Crippen molar-refractivity contribution in [2.75, 3.05) is 17.2 Å². The van der Waals surface area contributed by atoms with E-state index in [2.05, 4.69) is 44.5 Å². The van der Waals surface area contributed by atoms with E-state index in [-0.39, 0.29) is 24.6 Å². The molecule has 9 heteroatoms. The van der Waals surface area contributed by atoms with Crippen LogP contribution < -0.4 is 10.6 Å². The van der Waals surface area contributed by atoms with Crippen LogP contribution in [0.2, 0.25) is 0 Å². The van der Waals surface area contributed by atoms with Gasteiger partial charge >= 0.3 is 0 Å². The molecule has 0 bridgehead atoms. The molecule has 1 atom stereocenters. The number of fused-ring (bicyclic) bond motifs is 1. The van der Waals surface area contributed by atoms with Crippen molar-refractivity contribution in [2.24, 2.45) is 13.0 Å². The number of hydrogen-bond acceptors (Lipinski definition) is 7. The Kier molecular flexibility index (Phi) is 5.08. The number of aromatic nitrogens is 6. The maximum Gasteiger partial charge on any atom is 0.227 e. The lowest BCUT2D eigenvalue weighted by atomic mass is 10.1. The Bertz CT molecular complexity index is 882. The SMILES string of the molecule is CC(C)[C@@H](CO)Nc1nc(Nc2cnn(C)c2)c2ncn(C(C)C)c2n1. The lowest BCUT2D eigenvalue weighted by Crippen LogP contribution is -2.30. The van der Waals surface area contributed by atoms with Crippen molar-refractivity contribution >= 4 is 28.6 Å². The van der Waals surface area contributed by atoms with Crippen LogP contribution in [-0.4, -0.2) is 47.1 Å². The Hall–Kier alpha value is -2.68. The molecular formula is C17H26N8O. The minimum Gasteiger partial charge on any atom is -0.394 e. The molecule has 3 aromatic rings. The molecule has 0 unspecified atom stereocenters. The van der Waals surface area contributed by atoms with Crippen molar-refractivity contribution < 1.29 is 5.11 Å². The highest BCUT2D eigenvalue weighted by Gasteiger charge is 2.18. The Balaban J connectivity index is 2.05. The molecule has 0 saturated heterocycles. The zero-order valence-corrected chi connectivity index (χ0v) is 15.8. The fraction of sp³-hybridized carbons (Fsp3) is 0.529. The fourth-order valence-corrected chi connectivity index (χ4v) is 2.66. The van der Waals surface area contributed by atoms with Gasteiger partial charge in [-0.25, -0.2) is 4.98 Å². The summed E-state index contributed by atoms with van der Waals surface area (Å²) in [5.41, 5.74) is 2.25. The molecule has 0 fully saturated rings. The summed E-state index contributed by atoms with van der Waals surface area (Å²) in [4.78, 5) is 13.7. The molecule has 0 amide bonds. The van der Waals surface area contributed by atoms with E-state index in [0.717, 1.165) is 11.3 Å². The summed E-state index contributed by atoms with van der Waals surface area (Å²) in [6.07, 6.45) is 5.37. The molecule has 3 aromatic heterocycles. The third-order valence-corrected chi connectivity index (χ3v) is 4.26. The average Bonchev–Trinajstić information content (AvgIpc) is 3.18. The second-order valence-corrected chi connectivity index (χ2v) is 7.02. The molecule has 3 rings (SSSR count). The van der Waals surface area contributed by atoms with Crippen molar-refractivity contribution in [3.8, 4) is 0 Å². The highest BCUT2D eigenvalue weighted by Crippen LogP contribution is 2.26. The molecule has 0 radical (unpaired) electrons. The number of aliphatic hydroxyl groups excluding tert-OH is 1. The van der Waals surface area contributed by atoms with Gasteiger partial charge in [-0.15, -0.1) is 0 Å². The number of aryl methyl sites for hydroxylation is 1. The molecule has 0 aliphatic heterocycles. The van der Waals surface area contributed by atoms with E-state index >= 15 is 0 Å². The molecule has 0 aromatic carbocycles. The lowest BCUT2D eigenvalue weighted by Gasteiger charge is -2.20. The summed E-state index contributed by atoms with van der Waals surface area (Å²) < 4.78 is 3.72. The van der Waals surface area contributed by atoms with Gasteiger partial charge in [-0.05, 0) is 19.8 Å². The summed E-state index contributed by atoms with van der Waals surface area (Å²) in [5.74, 6) is 1.30. The smallest absolute Gasteiger partial charge is 0.227 e. The molecule has 0 aliphatic rings. The lowest BCUT2D eigenvalue weighted by molar-refractivity contribution is 0.248. The van der Waals surface area contributed by atoms with Crippen molar-refractivity contribution in [2.45, 2.75) is 39.8 Å². The normalized spacial score (nSPS) is 12.9. The van der Waals surface area contributed by atoms with Gasteiger partial charge in [0.25, 0.3) is 0 Å². The molecular weight excluding hydrogens is 332 g/mol. The first-order valence-corrected chi connectivity index (χ1v) is 8.76. The van der Waals surface area contributed by atoms with E-state index in [1.807, 2.05) is 31.7 Å². The van der Waals surface area contributed by atoms with Crippen molar-refractivity contribution in [3.63, 3.8) is 0 Å². The predicted molar refractivity (Wildman–Crippen MR) is 102 cm³/mol. The summed E-state index contributed by atoms with van der Waals surface area (Å²) >= 11 is 0. The Morgan fingerprint density at radius 1 is 1.19 bits per heavy atom. The number of nitrogens with one attached hydrogen (secondary N) is 2. The summed E-state index contributed by atoms with van der Waals surface area (Å²) in [6, 6.07) is 0.0850. The average molecular weight is 358 g/mol. The number of aliphatic hydroxyl groups is 1. The molecule has 0 aliphatic carbocycles. The molecule has 0 saturated carbocycles. The Morgan fingerprint density at radius 2 is 1.96 bits per heavy atom. The van der Waals surface area contributed by atoms with Crippen molar-refractivity contribution in [1.82, 2.24) is 29.3 Å². The van der Waals surface area contributed by atoms with Crippen LogP contribution in [0, 0.1) is 5.92 Å². The third-order valence-electron chi connectivity index (χ3n) is 4.26. The molecule has 3 heterocycles. The first-order valence-electron chi connectivity index (χ1n) is 8.76. The maximum atomic E-state index is 9.62. The standard InChI is InChI=1S/C17H26N8O/c1-10(2)13(8-26)21-17-22-15(20-12-6-19-24(5)7-12)14-16(23-17)25(9-18-14)11(3)4/h6-7,9-11,13,26H,8H2,1-5H3,(H2,20,21,22,23)/t13-/m1/s1. The second-order valence-electron chi connectivity index (χ2n) is 7.02. The van der Waals surface area contributed by atoms with E-state index in [0.29, 0.717) is 17.3 Å². The number of rotatable bonds is 7. The molecule has 0 spiro atoms. The van der Waals surface area contributed by atoms with Crippen LogP contribution in [0.5, 0.6) is 0 Å². The van der Waals surface area contributed by atoms with Crippen LogP contribution in [0.15, 0.2) is 18.7 Å². The molecule has 3 N–H and O–H groups in total. The van der Waals surface area contributed by atoms with Crippen LogP contribution in [0.25, 0.3) is 11.2 Å². The minimum absolute atomic E-state index is 0.00781. The van der Waals surface area contributed by atoms with Crippen molar-refractivity contribution in [1.29, 1.82) is 0 Å². The number of nitrogens with zero attached hydrogens (tertiary/aromatic N) is 6. The quantitative estimate of drug-likeness (QED) is 0.595. The summed E-state index contributed by atoms with van der Waals surface area (Å²) in [7, 11) is 1.86. The second kappa shape index (κ2) is 7.28. The monoisotopic (exact) mass is 358 g/mol. The van der Waals surface area contributed by atoms with E-state index in [4.69, 9.17) is 0 Å². The Morgan fingerprint density at radius 3 is 2.54 bits per heavy atom. The van der Waals surface area contributed by atoms with Gasteiger partial charge in [0.15, 0.2) is 17.0 Å². The largest absolute Gasteiger partial charge is 0.394 e. The van der Waals surface area contributed by atoms with Gasteiger partial charge in [0.2, 0.25) is 5.95 Å².